The van der Waals surface area contributed by atoms with Crippen molar-refractivity contribution >= 4 is 11.9 Å². The van der Waals surface area contributed by atoms with Gasteiger partial charge < -0.3 is 19.5 Å². The van der Waals surface area contributed by atoms with Gasteiger partial charge in [0.05, 0.1) is 7.11 Å². The number of halogens is 2. The van der Waals surface area contributed by atoms with E-state index in [1.165, 1.54) is 24.3 Å². The van der Waals surface area contributed by atoms with Gasteiger partial charge in [0.15, 0.2) is 6.61 Å². The summed E-state index contributed by atoms with van der Waals surface area (Å²) < 4.78 is 39.1. The van der Waals surface area contributed by atoms with Crippen LogP contribution in [-0.4, -0.2) is 38.7 Å². The summed E-state index contributed by atoms with van der Waals surface area (Å²) in [5, 5.41) is 2.61. The molecular formula is C19H19F2NO5. The lowest BCUT2D eigenvalue weighted by atomic mass is 10.1. The number of hydrogen-bond donors (Lipinski definition) is 1. The number of benzene rings is 2. The van der Waals surface area contributed by atoms with Crippen molar-refractivity contribution in [2.24, 2.45) is 0 Å². The zero-order chi connectivity index (χ0) is 19.6. The van der Waals surface area contributed by atoms with Crippen LogP contribution in [0.3, 0.4) is 0 Å². The molecule has 144 valence electrons. The van der Waals surface area contributed by atoms with Gasteiger partial charge in [0, 0.05) is 6.54 Å². The molecule has 2 rings (SSSR count). The molecular weight excluding hydrogens is 360 g/mol. The standard InChI is InChI=1S/C19H19F2NO5/c1-25-15-8-4-2-6-13(15)10-11-22-17(23)12-26-18(24)14-7-3-5-9-16(14)27-19(20)21/h2-9,19H,10-12H2,1H3,(H,22,23). The van der Waals surface area contributed by atoms with Crippen molar-refractivity contribution in [3.05, 3.63) is 59.7 Å². The molecule has 0 saturated heterocycles. The Morgan fingerprint density at radius 3 is 2.41 bits per heavy atom. The van der Waals surface area contributed by atoms with E-state index in [2.05, 4.69) is 10.1 Å². The predicted octanol–water partition coefficient (Wildman–Crippen LogP) is 2.81. The van der Waals surface area contributed by atoms with Gasteiger partial charge in [-0.25, -0.2) is 4.79 Å². The van der Waals surface area contributed by atoms with Crippen molar-refractivity contribution in [2.75, 3.05) is 20.3 Å². The Balaban J connectivity index is 1.81. The average molecular weight is 379 g/mol. The van der Waals surface area contributed by atoms with Crippen LogP contribution in [0.2, 0.25) is 0 Å². The molecule has 0 aromatic heterocycles. The summed E-state index contributed by atoms with van der Waals surface area (Å²) in [6, 6.07) is 12.8. The predicted molar refractivity (Wildman–Crippen MR) is 93.1 cm³/mol. The minimum absolute atomic E-state index is 0.181. The summed E-state index contributed by atoms with van der Waals surface area (Å²) >= 11 is 0. The van der Waals surface area contributed by atoms with Gasteiger partial charge in [-0.2, -0.15) is 8.78 Å². The summed E-state index contributed by atoms with van der Waals surface area (Å²) in [5.74, 6) is -1.03. The average Bonchev–Trinajstić information content (AvgIpc) is 2.66. The molecule has 0 atom stereocenters. The number of amides is 1. The molecule has 0 unspecified atom stereocenters. The van der Waals surface area contributed by atoms with Crippen molar-refractivity contribution in [2.45, 2.75) is 13.0 Å². The second-order valence-corrected chi connectivity index (χ2v) is 5.36. The lowest BCUT2D eigenvalue weighted by Gasteiger charge is -2.11. The second-order valence-electron chi connectivity index (χ2n) is 5.36. The molecule has 8 heteroatoms. The number of methoxy groups -OCH3 is 1. The second kappa shape index (κ2) is 10.1. The summed E-state index contributed by atoms with van der Waals surface area (Å²) in [6.45, 7) is -3.28. The Hall–Kier alpha value is -3.16. The first-order chi connectivity index (χ1) is 13.0. The number of nitrogens with one attached hydrogen (secondary N) is 1. The first kappa shape index (κ1) is 20.2. The minimum atomic E-state index is -3.07. The molecule has 0 aliphatic heterocycles. The van der Waals surface area contributed by atoms with E-state index < -0.39 is 25.1 Å². The van der Waals surface area contributed by atoms with Crippen molar-refractivity contribution in [3.8, 4) is 11.5 Å². The van der Waals surface area contributed by atoms with Crippen LogP contribution in [0.5, 0.6) is 11.5 Å². The molecule has 1 amide bonds. The monoisotopic (exact) mass is 379 g/mol. The maximum atomic E-state index is 12.4. The molecule has 2 aromatic rings. The third-order valence-electron chi connectivity index (χ3n) is 3.57. The molecule has 0 bridgehead atoms. The third kappa shape index (κ3) is 6.25. The molecule has 0 aliphatic rings. The van der Waals surface area contributed by atoms with Crippen molar-refractivity contribution in [1.82, 2.24) is 5.32 Å². The van der Waals surface area contributed by atoms with Crippen molar-refractivity contribution < 1.29 is 32.6 Å². The Morgan fingerprint density at radius 1 is 1.04 bits per heavy atom. The van der Waals surface area contributed by atoms with Gasteiger partial charge in [-0.1, -0.05) is 30.3 Å². The smallest absolute Gasteiger partial charge is 0.387 e. The molecule has 2 aromatic carbocycles. The number of rotatable bonds is 9. The summed E-state index contributed by atoms with van der Waals surface area (Å²) in [5.41, 5.74) is 0.745. The first-order valence-corrected chi connectivity index (χ1v) is 8.11. The highest BCUT2D eigenvalue weighted by Crippen LogP contribution is 2.21. The third-order valence-corrected chi connectivity index (χ3v) is 3.57. The maximum Gasteiger partial charge on any atom is 0.387 e. The fraction of sp³-hybridized carbons (Fsp3) is 0.263. The summed E-state index contributed by atoms with van der Waals surface area (Å²) in [7, 11) is 1.56. The molecule has 6 nitrogen and oxygen atoms in total. The highest BCUT2D eigenvalue weighted by Gasteiger charge is 2.17. The highest BCUT2D eigenvalue weighted by molar-refractivity contribution is 5.93. The van der Waals surface area contributed by atoms with E-state index in [0.29, 0.717) is 18.7 Å². The van der Waals surface area contributed by atoms with Crippen LogP contribution in [0.1, 0.15) is 15.9 Å². The van der Waals surface area contributed by atoms with Gasteiger partial charge in [0.25, 0.3) is 5.91 Å². The Kier molecular flexibility index (Phi) is 7.54. The SMILES string of the molecule is COc1ccccc1CCNC(=O)COC(=O)c1ccccc1OC(F)F. The largest absolute Gasteiger partial charge is 0.496 e. The zero-order valence-corrected chi connectivity index (χ0v) is 14.6. The van der Waals surface area contributed by atoms with E-state index in [1.54, 1.807) is 7.11 Å². The van der Waals surface area contributed by atoms with E-state index in [9.17, 15) is 18.4 Å². The number of ether oxygens (including phenoxy) is 3. The summed E-state index contributed by atoms with van der Waals surface area (Å²) in [6.07, 6.45) is 0.536. The number of carbonyl (C=O) groups excluding carboxylic acids is 2. The van der Waals surface area contributed by atoms with Gasteiger partial charge in [0.1, 0.15) is 17.1 Å². The van der Waals surface area contributed by atoms with E-state index >= 15 is 0 Å². The van der Waals surface area contributed by atoms with Crippen LogP contribution in [0, 0.1) is 0 Å². The molecule has 27 heavy (non-hydrogen) atoms. The van der Waals surface area contributed by atoms with Gasteiger partial charge in [-0.05, 0) is 30.2 Å². The molecule has 1 N–H and O–H groups in total. The van der Waals surface area contributed by atoms with Gasteiger partial charge in [-0.3, -0.25) is 4.79 Å². The number of esters is 1. The van der Waals surface area contributed by atoms with Crippen LogP contribution in [0.15, 0.2) is 48.5 Å². The van der Waals surface area contributed by atoms with Crippen molar-refractivity contribution in [1.29, 1.82) is 0 Å². The highest BCUT2D eigenvalue weighted by atomic mass is 19.3. The molecule has 0 spiro atoms. The van der Waals surface area contributed by atoms with Gasteiger partial charge in [-0.15, -0.1) is 0 Å². The summed E-state index contributed by atoms with van der Waals surface area (Å²) in [4.78, 5) is 23.8. The van der Waals surface area contributed by atoms with Crippen LogP contribution < -0.4 is 14.8 Å². The normalized spacial score (nSPS) is 10.4. The van der Waals surface area contributed by atoms with Crippen LogP contribution in [-0.2, 0) is 16.0 Å². The first-order valence-electron chi connectivity index (χ1n) is 8.11. The number of hydrogen-bond acceptors (Lipinski definition) is 5. The lowest BCUT2D eigenvalue weighted by Crippen LogP contribution is -2.30. The molecule has 0 saturated carbocycles. The van der Waals surface area contributed by atoms with E-state index in [1.807, 2.05) is 24.3 Å². The minimum Gasteiger partial charge on any atom is -0.496 e. The van der Waals surface area contributed by atoms with Crippen LogP contribution in [0.25, 0.3) is 0 Å². The molecule has 0 fully saturated rings. The molecule has 0 radical (unpaired) electrons. The van der Waals surface area contributed by atoms with Crippen molar-refractivity contribution in [3.63, 3.8) is 0 Å². The molecule has 0 aliphatic carbocycles. The van der Waals surface area contributed by atoms with Gasteiger partial charge >= 0.3 is 12.6 Å². The number of carbonyl (C=O) groups is 2. The van der Waals surface area contributed by atoms with Crippen LogP contribution >= 0.6 is 0 Å². The van der Waals surface area contributed by atoms with E-state index in [0.717, 1.165) is 5.56 Å². The Labute approximate surface area is 155 Å². The Bertz CT molecular complexity index is 782. The quantitative estimate of drug-likeness (QED) is 0.679. The number of para-hydroxylation sites is 2. The number of alkyl halides is 2. The Morgan fingerprint density at radius 2 is 1.70 bits per heavy atom. The lowest BCUT2D eigenvalue weighted by molar-refractivity contribution is -0.124. The molecule has 0 heterocycles. The fourth-order valence-corrected chi connectivity index (χ4v) is 2.34. The van der Waals surface area contributed by atoms with Gasteiger partial charge in [0.2, 0.25) is 0 Å². The van der Waals surface area contributed by atoms with Crippen LogP contribution in [0.4, 0.5) is 8.78 Å². The zero-order valence-electron chi connectivity index (χ0n) is 14.6. The van der Waals surface area contributed by atoms with E-state index in [-0.39, 0.29) is 11.3 Å². The fourth-order valence-electron chi connectivity index (χ4n) is 2.34. The maximum absolute atomic E-state index is 12.4. The van der Waals surface area contributed by atoms with E-state index in [4.69, 9.17) is 9.47 Å². The topological polar surface area (TPSA) is 73.9 Å².